The molecular formula is C39H70N6O16. The smallest absolute Gasteiger partial charge is 0.408 e. The van der Waals surface area contributed by atoms with Crippen LogP contribution < -0.4 is 27.0 Å². The van der Waals surface area contributed by atoms with Gasteiger partial charge in [-0.05, 0) is 94.6 Å². The van der Waals surface area contributed by atoms with Gasteiger partial charge in [-0.25, -0.2) is 19.2 Å². The van der Waals surface area contributed by atoms with Crippen molar-refractivity contribution in [3.8, 4) is 0 Å². The van der Waals surface area contributed by atoms with Crippen LogP contribution in [0, 0.1) is 0 Å². The van der Waals surface area contributed by atoms with E-state index in [0.29, 0.717) is 5.76 Å². The van der Waals surface area contributed by atoms with Crippen molar-refractivity contribution in [3.63, 3.8) is 0 Å². The van der Waals surface area contributed by atoms with Crippen LogP contribution in [0.1, 0.15) is 88.5 Å². The summed E-state index contributed by atoms with van der Waals surface area (Å²) in [5.41, 5.74) is 1.54. The molecule has 2 aliphatic heterocycles. The number of aliphatic hydroxyl groups excluding tert-OH is 3. The number of hydrogen-bond acceptors (Lipinski definition) is 17. The summed E-state index contributed by atoms with van der Waals surface area (Å²) in [6.45, 7) is 15.9. The number of carbonyl (C=O) groups excluding carboxylic acids is 3. The molecule has 0 aromatic rings. The van der Waals surface area contributed by atoms with Gasteiger partial charge in [0.25, 0.3) is 0 Å². The van der Waals surface area contributed by atoms with Crippen LogP contribution in [0.3, 0.4) is 0 Å². The Morgan fingerprint density at radius 2 is 1.39 bits per heavy atom. The van der Waals surface area contributed by atoms with E-state index in [2.05, 4.69) is 21.3 Å². The first-order valence-corrected chi connectivity index (χ1v) is 20.4. The lowest BCUT2D eigenvalue weighted by Gasteiger charge is -2.50. The molecule has 0 aromatic heterocycles. The van der Waals surface area contributed by atoms with E-state index in [1.807, 2.05) is 0 Å². The number of carbonyl (C=O) groups is 4. The summed E-state index contributed by atoms with van der Waals surface area (Å²) in [6.07, 6.45) is -12.3. The quantitative estimate of drug-likeness (QED) is 0.107. The average molecular weight is 879 g/mol. The molecule has 1 saturated heterocycles. The first-order chi connectivity index (χ1) is 28.0. The Kier molecular flexibility index (Phi) is 17.8. The third-order valence-corrected chi connectivity index (χ3v) is 9.62. The van der Waals surface area contributed by atoms with E-state index in [1.54, 1.807) is 68.4 Å². The normalized spacial score (nSPS) is 31.4. The average Bonchev–Trinajstić information content (AvgIpc) is 3.09. The number of carboxylic acid groups (broad SMARTS) is 1. The maximum absolute atomic E-state index is 13.3. The first kappa shape index (κ1) is 51.6. The third kappa shape index (κ3) is 16.2. The summed E-state index contributed by atoms with van der Waals surface area (Å²) in [4.78, 5) is 51.2. The van der Waals surface area contributed by atoms with Crippen LogP contribution in [0.4, 0.5) is 19.2 Å². The molecule has 22 nitrogen and oxygen atoms in total. The number of hydrogen-bond donors (Lipinski definition) is 10. The van der Waals surface area contributed by atoms with Crippen molar-refractivity contribution in [3.05, 3.63) is 11.8 Å². The zero-order valence-electron chi connectivity index (χ0n) is 37.1. The molecule has 2 fully saturated rings. The van der Waals surface area contributed by atoms with Gasteiger partial charge in [0, 0.05) is 26.2 Å². The minimum Gasteiger partial charge on any atom is -0.466 e. The van der Waals surface area contributed by atoms with Crippen molar-refractivity contribution in [2.24, 2.45) is 5.73 Å². The fraction of sp³-hybridized carbons (Fsp3) is 0.846. The highest BCUT2D eigenvalue weighted by Crippen LogP contribution is 2.34. The van der Waals surface area contributed by atoms with Gasteiger partial charge in [0.15, 0.2) is 6.29 Å². The number of aliphatic hydroxyl groups is 4. The molecule has 3 rings (SSSR count). The van der Waals surface area contributed by atoms with Crippen molar-refractivity contribution in [2.45, 2.75) is 178 Å². The predicted molar refractivity (Wildman–Crippen MR) is 216 cm³/mol. The Morgan fingerprint density at radius 3 is 1.93 bits per heavy atom. The van der Waals surface area contributed by atoms with Crippen molar-refractivity contribution >= 4 is 24.4 Å². The Bertz CT molecular complexity index is 1510. The van der Waals surface area contributed by atoms with E-state index in [0.717, 1.165) is 4.90 Å². The number of amides is 4. The van der Waals surface area contributed by atoms with E-state index in [-0.39, 0.29) is 38.9 Å². The molecule has 352 valence electrons. The molecule has 1 aliphatic carbocycles. The highest BCUT2D eigenvalue weighted by atomic mass is 16.7. The summed E-state index contributed by atoms with van der Waals surface area (Å²) in [5.74, 6) is 0.316. The summed E-state index contributed by atoms with van der Waals surface area (Å²) in [6, 6.07) is -4.40. The molecule has 1 saturated carbocycles. The van der Waals surface area contributed by atoms with Crippen LogP contribution in [0.5, 0.6) is 0 Å². The van der Waals surface area contributed by atoms with Gasteiger partial charge < -0.3 is 90.6 Å². The number of ether oxygens (including phenoxy) is 7. The van der Waals surface area contributed by atoms with Gasteiger partial charge in [-0.15, -0.1) is 0 Å². The van der Waals surface area contributed by atoms with Gasteiger partial charge in [-0.3, -0.25) is 0 Å². The summed E-state index contributed by atoms with van der Waals surface area (Å²) >= 11 is 0. The van der Waals surface area contributed by atoms with E-state index < -0.39 is 121 Å². The first-order valence-electron chi connectivity index (χ1n) is 20.4. The Balaban J connectivity index is 2.01. The SMILES string of the molecule is CN(C(=O)O)[C@@H]1[C@@H](O)[C@@H](O[C@@H]2[C@@H](O)[C@H](O[C@H]3OC(CN)=CC[C@H]3NC(=O)OC(C)(C)C)[C@@H](NC(=O)OC(C)(C)C)C[C@H]2NC[C@@H](O)CCNC(=O)OC(C)(C)C)OC[C@]1(C)O. The molecule has 0 radical (unpaired) electrons. The fourth-order valence-corrected chi connectivity index (χ4v) is 7.03. The second-order valence-electron chi connectivity index (χ2n) is 18.8. The molecule has 61 heavy (non-hydrogen) atoms. The number of rotatable bonds is 14. The van der Waals surface area contributed by atoms with Crippen LogP contribution in [0.15, 0.2) is 11.8 Å². The second-order valence-corrected chi connectivity index (χ2v) is 18.8. The van der Waals surface area contributed by atoms with E-state index in [1.165, 1.54) is 14.0 Å². The lowest BCUT2D eigenvalue weighted by Crippen LogP contribution is -2.70. The zero-order chi connectivity index (χ0) is 46.2. The second kappa shape index (κ2) is 21.1. The topological polar surface area (TPSA) is 311 Å². The van der Waals surface area contributed by atoms with Crippen LogP contribution >= 0.6 is 0 Å². The molecule has 22 heteroatoms. The number of likely N-dealkylation sites (N-methyl/N-ethyl adjacent to an activating group) is 1. The molecule has 3 aliphatic rings. The van der Waals surface area contributed by atoms with Crippen LogP contribution in [0.25, 0.3) is 0 Å². The van der Waals surface area contributed by atoms with Crippen molar-refractivity contribution < 1.29 is 77.9 Å². The minimum atomic E-state index is -1.86. The number of alkyl carbamates (subject to hydrolysis) is 3. The summed E-state index contributed by atoms with van der Waals surface area (Å²) in [5, 5.41) is 66.8. The van der Waals surface area contributed by atoms with E-state index in [4.69, 9.17) is 38.9 Å². The maximum atomic E-state index is 13.3. The number of nitrogens with one attached hydrogen (secondary N) is 4. The fourth-order valence-electron chi connectivity index (χ4n) is 7.03. The Hall–Kier alpha value is -3.74. The highest BCUT2D eigenvalue weighted by molar-refractivity contribution is 5.69. The van der Waals surface area contributed by atoms with Gasteiger partial charge in [0.1, 0.15) is 52.6 Å². The molecule has 0 spiro atoms. The van der Waals surface area contributed by atoms with Crippen molar-refractivity contribution in [1.82, 2.24) is 26.2 Å². The van der Waals surface area contributed by atoms with Crippen LogP contribution in [-0.4, -0.2) is 178 Å². The van der Waals surface area contributed by atoms with E-state index >= 15 is 0 Å². The van der Waals surface area contributed by atoms with Crippen molar-refractivity contribution in [1.29, 1.82) is 0 Å². The Morgan fingerprint density at radius 1 is 0.869 bits per heavy atom. The van der Waals surface area contributed by atoms with Gasteiger partial charge in [-0.1, -0.05) is 0 Å². The largest absolute Gasteiger partial charge is 0.466 e. The van der Waals surface area contributed by atoms with Crippen LogP contribution in [0.2, 0.25) is 0 Å². The van der Waals surface area contributed by atoms with Gasteiger partial charge in [0.2, 0.25) is 6.29 Å². The molecule has 0 bridgehead atoms. The van der Waals surface area contributed by atoms with Gasteiger partial charge >= 0.3 is 24.4 Å². The maximum Gasteiger partial charge on any atom is 0.408 e. The molecule has 0 aromatic carbocycles. The summed E-state index contributed by atoms with van der Waals surface area (Å²) in [7, 11) is 1.17. The Labute approximate surface area is 357 Å². The minimum absolute atomic E-state index is 0.0359. The summed E-state index contributed by atoms with van der Waals surface area (Å²) < 4.78 is 40.8. The molecular weight excluding hydrogens is 808 g/mol. The number of nitrogens with two attached hydrogens (primary N) is 1. The molecule has 11 N–H and O–H groups in total. The van der Waals surface area contributed by atoms with Gasteiger partial charge in [0.05, 0.1) is 37.4 Å². The lowest BCUT2D eigenvalue weighted by molar-refractivity contribution is -0.311. The van der Waals surface area contributed by atoms with Crippen LogP contribution in [-0.2, 0) is 33.2 Å². The standard InChI is InChI=1S/C39H70N6O16/c1-36(2,3)59-32(49)41-15-14-20(46)18-42-23-16-24(44-34(51)61-38(7,8)9)28(57-30-22(13-12-21(17-40)56-30)43-33(50)60-37(4,5)6)25(47)27(23)58-31-26(48)29(45(11)35(52)53)39(10,54)19-55-31/h12,20,22-31,42,46-48,54H,13-19,40H2,1-11H3,(H,41,49)(H,43,50)(H,44,51)(H,52,53)/t20-,22+,23+,24-,25+,26+,27-,28+,29+,30+,31+,39-/m0/s1. The molecule has 4 amide bonds. The van der Waals surface area contributed by atoms with Crippen molar-refractivity contribution in [2.75, 3.05) is 33.3 Å². The third-order valence-electron chi connectivity index (χ3n) is 9.62. The lowest BCUT2D eigenvalue weighted by atomic mass is 9.82. The monoisotopic (exact) mass is 878 g/mol. The van der Waals surface area contributed by atoms with Gasteiger partial charge in [-0.2, -0.15) is 0 Å². The van der Waals surface area contributed by atoms with E-state index in [9.17, 15) is 44.7 Å². The number of nitrogens with zero attached hydrogens (tertiary/aromatic N) is 1. The zero-order valence-corrected chi connectivity index (χ0v) is 37.1. The predicted octanol–water partition coefficient (Wildman–Crippen LogP) is 0.578. The molecule has 2 heterocycles. The molecule has 0 unspecified atom stereocenters. The molecule has 12 atom stereocenters. The highest BCUT2D eigenvalue weighted by Gasteiger charge is 2.54.